The van der Waals surface area contributed by atoms with E-state index in [4.69, 9.17) is 27.9 Å². The Labute approximate surface area is 210 Å². The number of nitrogens with zero attached hydrogens (tertiary/aromatic N) is 2. The monoisotopic (exact) mass is 515 g/mol. The van der Waals surface area contributed by atoms with Crippen molar-refractivity contribution < 1.29 is 18.8 Å². The first kappa shape index (κ1) is 23.5. The van der Waals surface area contributed by atoms with E-state index in [1.54, 1.807) is 60.5 Å². The van der Waals surface area contributed by atoms with Gasteiger partial charge in [-0.1, -0.05) is 53.5 Å². The number of nitro groups is 1. The van der Waals surface area contributed by atoms with Gasteiger partial charge in [0.15, 0.2) is 11.3 Å². The van der Waals surface area contributed by atoms with E-state index in [1.807, 2.05) is 0 Å². The highest BCUT2D eigenvalue weighted by atomic mass is 35.5. The third kappa shape index (κ3) is 3.73. The maximum Gasteiger partial charge on any atom is 0.256 e. The Bertz CT molecular complexity index is 1310. The number of carbonyl (C=O) groups excluding carboxylic acids is 1. The predicted molar refractivity (Wildman–Crippen MR) is 130 cm³/mol. The summed E-state index contributed by atoms with van der Waals surface area (Å²) in [7, 11) is 1.71. The van der Waals surface area contributed by atoms with Gasteiger partial charge in [-0.25, -0.2) is 4.39 Å². The van der Waals surface area contributed by atoms with Crippen molar-refractivity contribution in [2.75, 3.05) is 18.9 Å². The fourth-order valence-corrected chi connectivity index (χ4v) is 5.86. The molecule has 1 saturated heterocycles. The van der Waals surface area contributed by atoms with E-state index in [-0.39, 0.29) is 34.8 Å². The zero-order chi connectivity index (χ0) is 24.9. The molecular weight excluding hydrogens is 496 g/mol. The summed E-state index contributed by atoms with van der Waals surface area (Å²) in [6.07, 6.45) is 0. The summed E-state index contributed by atoms with van der Waals surface area (Å²) in [5.41, 5.74) is 0.949. The van der Waals surface area contributed by atoms with E-state index < -0.39 is 28.3 Å². The lowest BCUT2D eigenvalue weighted by atomic mass is 9.79. The molecule has 0 radical (unpaired) electrons. The Kier molecular flexibility index (Phi) is 5.91. The smallest absolute Gasteiger partial charge is 0.256 e. The number of ether oxygens (including phenoxy) is 1. The van der Waals surface area contributed by atoms with Gasteiger partial charge >= 0.3 is 0 Å². The Morgan fingerprint density at radius 3 is 2.49 bits per heavy atom. The molecule has 1 N–H and O–H groups in total. The zero-order valence-electron chi connectivity index (χ0n) is 18.5. The first-order valence-electron chi connectivity index (χ1n) is 10.9. The van der Waals surface area contributed by atoms with E-state index >= 15 is 0 Å². The molecule has 5 rings (SSSR count). The lowest BCUT2D eigenvalue weighted by Gasteiger charge is -2.30. The number of nitrogens with one attached hydrogen (secondary N) is 1. The average Bonchev–Trinajstić information content (AvgIpc) is 3.29. The molecule has 0 bridgehead atoms. The highest BCUT2D eigenvalue weighted by Gasteiger charge is 2.68. The van der Waals surface area contributed by atoms with E-state index in [0.717, 1.165) is 5.56 Å². The number of likely N-dealkylation sites (N-methyl/N-ethyl adjacent to an activating group) is 1. The molecule has 0 unspecified atom stereocenters. The van der Waals surface area contributed by atoms with Gasteiger partial charge in [-0.3, -0.25) is 19.8 Å². The number of amides is 1. The van der Waals surface area contributed by atoms with E-state index in [0.29, 0.717) is 16.8 Å². The van der Waals surface area contributed by atoms with Gasteiger partial charge in [-0.2, -0.15) is 0 Å². The van der Waals surface area contributed by atoms with Crippen molar-refractivity contribution in [3.63, 3.8) is 0 Å². The van der Waals surface area contributed by atoms with Crippen molar-refractivity contribution in [1.82, 2.24) is 4.90 Å². The number of likely N-dealkylation sites (tertiary alicyclic amines) is 1. The molecular formula is C25H20Cl2FN3O4. The van der Waals surface area contributed by atoms with Gasteiger partial charge in [0, 0.05) is 22.7 Å². The lowest BCUT2D eigenvalue weighted by Crippen LogP contribution is -2.54. The fraction of sp³-hybridized carbons (Fsp3) is 0.240. The molecule has 35 heavy (non-hydrogen) atoms. The summed E-state index contributed by atoms with van der Waals surface area (Å²) in [4.78, 5) is 27.0. The number of hydrogen-bond acceptors (Lipinski definition) is 5. The second kappa shape index (κ2) is 8.78. The number of halogens is 3. The number of rotatable bonds is 5. The average molecular weight is 516 g/mol. The number of benzene rings is 3. The molecule has 10 heteroatoms. The van der Waals surface area contributed by atoms with Crippen LogP contribution in [0.3, 0.4) is 0 Å². The van der Waals surface area contributed by atoms with E-state index in [2.05, 4.69) is 5.32 Å². The van der Waals surface area contributed by atoms with Crippen molar-refractivity contribution in [2.45, 2.75) is 24.1 Å². The second-order valence-electron chi connectivity index (χ2n) is 8.71. The van der Waals surface area contributed by atoms with Crippen molar-refractivity contribution in [2.24, 2.45) is 0 Å². The number of fused-ring (bicyclic) bond motifs is 2. The minimum Gasteiger partial charge on any atom is -0.486 e. The highest BCUT2D eigenvalue weighted by molar-refractivity contribution is 6.37. The molecule has 0 aromatic heterocycles. The van der Waals surface area contributed by atoms with Gasteiger partial charge in [-0.05, 0) is 48.5 Å². The van der Waals surface area contributed by atoms with Crippen LogP contribution in [0.25, 0.3) is 0 Å². The van der Waals surface area contributed by atoms with Crippen LogP contribution in [0.4, 0.5) is 10.1 Å². The largest absolute Gasteiger partial charge is 0.486 e. The minimum absolute atomic E-state index is 0.114. The number of para-hydroxylation sites is 1. The van der Waals surface area contributed by atoms with Gasteiger partial charge in [-0.15, -0.1) is 0 Å². The molecule has 1 fully saturated rings. The van der Waals surface area contributed by atoms with Gasteiger partial charge in [0.25, 0.3) is 11.9 Å². The van der Waals surface area contributed by atoms with Gasteiger partial charge in [0.05, 0.1) is 16.0 Å². The summed E-state index contributed by atoms with van der Waals surface area (Å²) < 4.78 is 18.9. The molecule has 1 spiro atoms. The van der Waals surface area contributed by atoms with Crippen LogP contribution in [0, 0.1) is 15.9 Å². The molecule has 3 atom stereocenters. The quantitative estimate of drug-likeness (QED) is 0.371. The molecule has 0 aliphatic carbocycles. The molecule has 2 aliphatic rings. The summed E-state index contributed by atoms with van der Waals surface area (Å²) in [5, 5.41) is 15.6. The number of anilines is 1. The predicted octanol–water partition coefficient (Wildman–Crippen LogP) is 5.23. The van der Waals surface area contributed by atoms with Crippen molar-refractivity contribution in [1.29, 1.82) is 0 Å². The van der Waals surface area contributed by atoms with Crippen molar-refractivity contribution in [3.05, 3.63) is 103 Å². The summed E-state index contributed by atoms with van der Waals surface area (Å²) in [6.45, 7) is 0.360. The first-order chi connectivity index (χ1) is 16.7. The van der Waals surface area contributed by atoms with Crippen molar-refractivity contribution in [3.8, 4) is 5.75 Å². The number of hydrogen-bond donors (Lipinski definition) is 1. The van der Waals surface area contributed by atoms with Crippen LogP contribution >= 0.6 is 23.2 Å². The minimum atomic E-state index is -1.46. The molecule has 2 heterocycles. The van der Waals surface area contributed by atoms with Crippen LogP contribution in [0.1, 0.15) is 22.6 Å². The Balaban J connectivity index is 1.50. The van der Waals surface area contributed by atoms with Crippen LogP contribution in [0.5, 0.6) is 5.75 Å². The summed E-state index contributed by atoms with van der Waals surface area (Å²) >= 11 is 13.0. The fourth-order valence-electron chi connectivity index (χ4n) is 5.25. The standard InChI is InChI=1S/C25H20Cl2FN3O4/c1-30-12-17(23(31(33)34)25(30)18-4-2-3-5-21(18)29-24(25)32)15-10-19(26)22(20(27)11-15)35-13-14-6-8-16(28)9-7-14/h2-11,17,23H,12-13H2,1H3,(H,29,32)/t17-,23+,25+/m1/s1. The molecule has 3 aromatic carbocycles. The molecule has 7 nitrogen and oxygen atoms in total. The van der Waals surface area contributed by atoms with E-state index in [1.165, 1.54) is 12.1 Å². The normalized spacial score (nSPS) is 23.4. The SMILES string of the molecule is CN1C[C@H](c2cc(Cl)c(OCc3ccc(F)cc3)c(Cl)c2)[C@H]([N+](=O)[O-])[C@@]12C(=O)Nc1ccccc12. The second-order valence-corrected chi connectivity index (χ2v) is 9.53. The maximum atomic E-state index is 13.2. The maximum absolute atomic E-state index is 13.2. The lowest BCUT2D eigenvalue weighted by molar-refractivity contribution is -0.534. The summed E-state index contributed by atoms with van der Waals surface area (Å²) in [6, 6.07) is 14.8. The van der Waals surface area contributed by atoms with Crippen LogP contribution in [-0.4, -0.2) is 35.4 Å². The van der Waals surface area contributed by atoms with Crippen LogP contribution in [0.2, 0.25) is 10.0 Å². The molecule has 0 saturated carbocycles. The third-order valence-electron chi connectivity index (χ3n) is 6.79. The third-order valence-corrected chi connectivity index (χ3v) is 7.35. The van der Waals surface area contributed by atoms with Gasteiger partial charge in [0.2, 0.25) is 0 Å². The highest BCUT2D eigenvalue weighted by Crippen LogP contribution is 2.52. The van der Waals surface area contributed by atoms with Gasteiger partial charge < -0.3 is 10.1 Å². The number of carbonyl (C=O) groups is 1. The van der Waals surface area contributed by atoms with Crippen LogP contribution in [-0.2, 0) is 16.9 Å². The summed E-state index contributed by atoms with van der Waals surface area (Å²) in [5.74, 6) is -1.22. The van der Waals surface area contributed by atoms with Gasteiger partial charge in [0.1, 0.15) is 12.4 Å². The molecule has 1 amide bonds. The molecule has 2 aliphatic heterocycles. The van der Waals surface area contributed by atoms with Crippen LogP contribution < -0.4 is 10.1 Å². The Morgan fingerprint density at radius 1 is 1.17 bits per heavy atom. The van der Waals surface area contributed by atoms with Crippen molar-refractivity contribution >= 4 is 34.8 Å². The Hall–Kier alpha value is -3.20. The van der Waals surface area contributed by atoms with E-state index in [9.17, 15) is 19.3 Å². The first-order valence-corrected chi connectivity index (χ1v) is 11.6. The molecule has 180 valence electrons. The Morgan fingerprint density at radius 2 is 1.83 bits per heavy atom. The topological polar surface area (TPSA) is 84.7 Å². The van der Waals surface area contributed by atoms with Crippen LogP contribution in [0.15, 0.2) is 60.7 Å². The molecule has 3 aromatic rings. The zero-order valence-corrected chi connectivity index (χ0v) is 20.0.